The molecule has 0 radical (unpaired) electrons. The van der Waals surface area contributed by atoms with Crippen molar-refractivity contribution < 1.29 is 14.6 Å². The van der Waals surface area contributed by atoms with Gasteiger partial charge in [0.25, 0.3) is 0 Å². The Bertz CT molecular complexity index is 862. The van der Waals surface area contributed by atoms with E-state index in [1.807, 2.05) is 24.3 Å². The molecule has 3 heterocycles. The standard InChI is InChI=1S/C22H26ClN3O3/c23-20-3-1-2-17-14-25(15-22(21(17)20)28-12-13-29-22)16-24-8-10-26(11-9-24)18-4-6-19(27)7-5-18/h1-7,27H,8-16H2. The zero-order valence-corrected chi connectivity index (χ0v) is 17.1. The molecule has 2 aromatic carbocycles. The highest BCUT2D eigenvalue weighted by atomic mass is 35.5. The number of hydrogen-bond donors (Lipinski definition) is 1. The molecule has 2 saturated heterocycles. The molecule has 0 unspecified atom stereocenters. The number of halogens is 1. The van der Waals surface area contributed by atoms with Crippen LogP contribution < -0.4 is 4.90 Å². The molecule has 1 spiro atoms. The third-order valence-corrected chi connectivity index (χ3v) is 6.36. The maximum absolute atomic E-state index is 9.49. The van der Waals surface area contributed by atoms with Gasteiger partial charge in [-0.3, -0.25) is 9.80 Å². The number of phenolic OH excluding ortho intramolecular Hbond substituents is 1. The lowest BCUT2D eigenvalue weighted by Crippen LogP contribution is -2.54. The first kappa shape index (κ1) is 19.2. The molecular formula is C22H26ClN3O3. The van der Waals surface area contributed by atoms with Gasteiger partial charge in [-0.05, 0) is 35.9 Å². The van der Waals surface area contributed by atoms with Crippen LogP contribution >= 0.6 is 11.6 Å². The largest absolute Gasteiger partial charge is 0.508 e. The number of fused-ring (bicyclic) bond motifs is 2. The number of aromatic hydroxyl groups is 1. The average Bonchev–Trinajstić information content (AvgIpc) is 3.17. The third kappa shape index (κ3) is 3.71. The number of nitrogens with zero attached hydrogens (tertiary/aromatic N) is 3. The maximum Gasteiger partial charge on any atom is 0.210 e. The van der Waals surface area contributed by atoms with E-state index in [1.54, 1.807) is 12.1 Å². The predicted molar refractivity (Wildman–Crippen MR) is 112 cm³/mol. The lowest BCUT2D eigenvalue weighted by molar-refractivity contribution is -0.191. The molecule has 2 fully saturated rings. The van der Waals surface area contributed by atoms with Crippen molar-refractivity contribution in [3.63, 3.8) is 0 Å². The van der Waals surface area contributed by atoms with Crippen LogP contribution in [0.25, 0.3) is 0 Å². The van der Waals surface area contributed by atoms with Gasteiger partial charge in [0, 0.05) is 49.0 Å². The molecule has 6 nitrogen and oxygen atoms in total. The van der Waals surface area contributed by atoms with Crippen LogP contribution in [0.15, 0.2) is 42.5 Å². The molecule has 0 atom stereocenters. The second-order valence-corrected chi connectivity index (χ2v) is 8.38. The van der Waals surface area contributed by atoms with Crippen LogP contribution in [-0.2, 0) is 21.8 Å². The normalized spacial score (nSPS) is 22.2. The van der Waals surface area contributed by atoms with Crippen molar-refractivity contribution in [2.75, 3.05) is 57.5 Å². The highest BCUT2D eigenvalue weighted by Crippen LogP contribution is 2.42. The van der Waals surface area contributed by atoms with E-state index >= 15 is 0 Å². The van der Waals surface area contributed by atoms with E-state index in [0.29, 0.717) is 25.5 Å². The SMILES string of the molecule is Oc1ccc(N2CCN(CN3Cc4cccc(Cl)c4C4(C3)OCCO4)CC2)cc1. The molecule has 0 aromatic heterocycles. The van der Waals surface area contributed by atoms with Crippen LogP contribution in [0.2, 0.25) is 5.02 Å². The van der Waals surface area contributed by atoms with Crippen LogP contribution in [0.1, 0.15) is 11.1 Å². The van der Waals surface area contributed by atoms with Gasteiger partial charge in [0.15, 0.2) is 0 Å². The van der Waals surface area contributed by atoms with E-state index in [2.05, 4.69) is 20.8 Å². The van der Waals surface area contributed by atoms with Gasteiger partial charge in [-0.25, -0.2) is 0 Å². The van der Waals surface area contributed by atoms with Crippen molar-refractivity contribution in [2.45, 2.75) is 12.3 Å². The van der Waals surface area contributed by atoms with E-state index in [4.69, 9.17) is 21.1 Å². The fraction of sp³-hybridized carbons (Fsp3) is 0.455. The van der Waals surface area contributed by atoms with Crippen molar-refractivity contribution in [1.82, 2.24) is 9.80 Å². The molecule has 7 heteroatoms. The molecule has 1 N–H and O–H groups in total. The molecule has 2 aromatic rings. The Kier molecular flexibility index (Phi) is 5.14. The number of piperazine rings is 1. The summed E-state index contributed by atoms with van der Waals surface area (Å²) < 4.78 is 12.2. The smallest absolute Gasteiger partial charge is 0.210 e. The minimum Gasteiger partial charge on any atom is -0.508 e. The molecule has 0 aliphatic carbocycles. The third-order valence-electron chi connectivity index (χ3n) is 6.05. The quantitative estimate of drug-likeness (QED) is 0.831. The van der Waals surface area contributed by atoms with Crippen molar-refractivity contribution in [1.29, 1.82) is 0 Å². The second-order valence-electron chi connectivity index (χ2n) is 7.97. The summed E-state index contributed by atoms with van der Waals surface area (Å²) in [4.78, 5) is 7.25. The molecular weight excluding hydrogens is 390 g/mol. The summed E-state index contributed by atoms with van der Waals surface area (Å²) in [6.07, 6.45) is 0. The van der Waals surface area contributed by atoms with Crippen LogP contribution in [0, 0.1) is 0 Å². The van der Waals surface area contributed by atoms with Gasteiger partial charge < -0.3 is 19.5 Å². The van der Waals surface area contributed by atoms with Crippen molar-refractivity contribution in [3.05, 3.63) is 58.6 Å². The summed E-state index contributed by atoms with van der Waals surface area (Å²) in [6, 6.07) is 13.5. The minimum atomic E-state index is -0.736. The van der Waals surface area contributed by atoms with E-state index in [9.17, 15) is 5.11 Å². The van der Waals surface area contributed by atoms with Crippen molar-refractivity contribution >= 4 is 17.3 Å². The number of ether oxygens (including phenoxy) is 2. The second kappa shape index (κ2) is 7.78. The average molecular weight is 416 g/mol. The van der Waals surface area contributed by atoms with Gasteiger partial charge in [0.1, 0.15) is 5.75 Å². The van der Waals surface area contributed by atoms with Crippen LogP contribution in [0.5, 0.6) is 5.75 Å². The van der Waals surface area contributed by atoms with Gasteiger partial charge in [-0.1, -0.05) is 23.7 Å². The Balaban J connectivity index is 1.25. The van der Waals surface area contributed by atoms with Crippen LogP contribution in [-0.4, -0.2) is 67.5 Å². The van der Waals surface area contributed by atoms with E-state index < -0.39 is 5.79 Å². The zero-order chi connectivity index (χ0) is 19.8. The Morgan fingerprint density at radius 3 is 2.38 bits per heavy atom. The van der Waals surface area contributed by atoms with E-state index in [-0.39, 0.29) is 0 Å². The molecule has 29 heavy (non-hydrogen) atoms. The lowest BCUT2D eigenvalue weighted by atomic mass is 9.94. The first-order chi connectivity index (χ1) is 14.1. The summed E-state index contributed by atoms with van der Waals surface area (Å²) >= 11 is 6.53. The highest BCUT2D eigenvalue weighted by Gasteiger charge is 2.46. The van der Waals surface area contributed by atoms with Gasteiger partial charge in [0.2, 0.25) is 5.79 Å². The van der Waals surface area contributed by atoms with Gasteiger partial charge in [-0.15, -0.1) is 0 Å². The number of benzene rings is 2. The monoisotopic (exact) mass is 415 g/mol. The summed E-state index contributed by atoms with van der Waals surface area (Å²) in [5, 5.41) is 10.2. The maximum atomic E-state index is 9.49. The predicted octanol–water partition coefficient (Wildman–Crippen LogP) is 2.84. The van der Waals surface area contributed by atoms with Gasteiger partial charge in [-0.2, -0.15) is 0 Å². The number of phenols is 1. The Hall–Kier alpha value is -1.83. The Morgan fingerprint density at radius 2 is 1.66 bits per heavy atom. The van der Waals surface area contributed by atoms with Gasteiger partial charge >= 0.3 is 0 Å². The number of anilines is 1. The van der Waals surface area contributed by atoms with Crippen molar-refractivity contribution in [3.8, 4) is 5.75 Å². The fourth-order valence-corrected chi connectivity index (χ4v) is 5.02. The summed E-state index contributed by atoms with van der Waals surface area (Å²) in [5.74, 6) is -0.428. The summed E-state index contributed by atoms with van der Waals surface area (Å²) in [5.41, 5.74) is 3.36. The first-order valence-corrected chi connectivity index (χ1v) is 10.6. The van der Waals surface area contributed by atoms with E-state index in [1.165, 1.54) is 5.56 Å². The Morgan fingerprint density at radius 1 is 0.931 bits per heavy atom. The van der Waals surface area contributed by atoms with Crippen LogP contribution in [0.3, 0.4) is 0 Å². The molecule has 154 valence electrons. The lowest BCUT2D eigenvalue weighted by Gasteiger charge is -2.44. The highest BCUT2D eigenvalue weighted by molar-refractivity contribution is 6.31. The fourth-order valence-electron chi connectivity index (χ4n) is 4.68. The first-order valence-electron chi connectivity index (χ1n) is 10.2. The topological polar surface area (TPSA) is 48.4 Å². The molecule has 0 amide bonds. The minimum absolute atomic E-state index is 0.308. The molecule has 3 aliphatic rings. The summed E-state index contributed by atoms with van der Waals surface area (Å²) in [7, 11) is 0. The molecule has 0 bridgehead atoms. The summed E-state index contributed by atoms with van der Waals surface area (Å²) in [6.45, 7) is 7.56. The molecule has 0 saturated carbocycles. The van der Waals surface area contributed by atoms with Gasteiger partial charge in [0.05, 0.1) is 26.4 Å². The molecule has 3 aliphatic heterocycles. The zero-order valence-electron chi connectivity index (χ0n) is 16.4. The number of hydrogen-bond acceptors (Lipinski definition) is 6. The van der Waals surface area contributed by atoms with Crippen LogP contribution in [0.4, 0.5) is 5.69 Å². The number of rotatable bonds is 3. The van der Waals surface area contributed by atoms with E-state index in [0.717, 1.165) is 55.7 Å². The molecule has 5 rings (SSSR count). The van der Waals surface area contributed by atoms with Crippen molar-refractivity contribution in [2.24, 2.45) is 0 Å². The Labute approximate surface area is 176 Å².